The summed E-state index contributed by atoms with van der Waals surface area (Å²) in [6.45, 7) is 13.7. The smallest absolute Gasteiger partial charge is 0.333 e. The van der Waals surface area contributed by atoms with Crippen molar-refractivity contribution in [2.45, 2.75) is 78.6 Å². The molecular weight excluding hydrogens is 496 g/mol. The number of hydrogen-bond donors (Lipinski definition) is 1. The van der Waals surface area contributed by atoms with Crippen molar-refractivity contribution in [2.24, 2.45) is 5.41 Å². The summed E-state index contributed by atoms with van der Waals surface area (Å²) >= 11 is 4.21. The van der Waals surface area contributed by atoms with Crippen molar-refractivity contribution in [3.8, 4) is 0 Å². The molecule has 0 N–H and O–H groups in total. The molecule has 0 amide bonds. The summed E-state index contributed by atoms with van der Waals surface area (Å²) in [5, 5.41) is 0. The fraction of sp³-hybridized carbons (Fsp3) is 0.643. The summed E-state index contributed by atoms with van der Waals surface area (Å²) in [5.41, 5.74) is -0.856. The Morgan fingerprint density at radius 3 is 1.24 bits per heavy atom. The van der Waals surface area contributed by atoms with Crippen LogP contribution in [-0.2, 0) is 38.1 Å². The van der Waals surface area contributed by atoms with Gasteiger partial charge in [0, 0.05) is 23.1 Å². The van der Waals surface area contributed by atoms with Crippen molar-refractivity contribution in [1.29, 1.82) is 0 Å². The summed E-state index contributed by atoms with van der Waals surface area (Å²) in [6, 6.07) is 0. The Bertz CT molecular complexity index is 728. The average Bonchev–Trinajstić information content (AvgIpc) is 2.85. The van der Waals surface area contributed by atoms with Crippen LogP contribution in [0.4, 0.5) is 0 Å². The highest BCUT2D eigenvalue weighted by atomic mass is 32.1. The predicted octanol–water partition coefficient (Wildman–Crippen LogP) is 5.31. The molecule has 0 saturated carbocycles. The minimum Gasteiger partial charge on any atom is -0.465 e. The minimum atomic E-state index is -1.33. The van der Waals surface area contributed by atoms with Gasteiger partial charge in [-0.25, -0.2) is 14.4 Å². The molecule has 8 nitrogen and oxygen atoms in total. The summed E-state index contributed by atoms with van der Waals surface area (Å²) in [4.78, 5) is 48.6. The Balaban J connectivity index is 5.13. The molecule has 0 fully saturated rings. The molecule has 0 spiro atoms. The molecule has 0 heterocycles. The first-order valence-electron chi connectivity index (χ1n) is 12.7. The van der Waals surface area contributed by atoms with E-state index in [1.54, 1.807) is 0 Å². The summed E-state index contributed by atoms with van der Waals surface area (Å²) < 4.78 is 21.3. The molecule has 0 bridgehead atoms. The van der Waals surface area contributed by atoms with Crippen LogP contribution in [-0.4, -0.2) is 56.1 Å². The molecule has 9 heteroatoms. The molecule has 0 saturated heterocycles. The Morgan fingerprint density at radius 1 is 0.568 bits per heavy atom. The highest BCUT2D eigenvalue weighted by Gasteiger charge is 2.38. The molecule has 0 aliphatic carbocycles. The zero-order valence-electron chi connectivity index (χ0n) is 22.7. The van der Waals surface area contributed by atoms with E-state index in [4.69, 9.17) is 18.9 Å². The lowest BCUT2D eigenvalue weighted by Gasteiger charge is -2.31. The number of rotatable bonds is 21. The Morgan fingerprint density at radius 2 is 0.892 bits per heavy atom. The lowest BCUT2D eigenvalue weighted by atomic mass is 9.92. The monoisotopic (exact) mass is 540 g/mol. The quantitative estimate of drug-likeness (QED) is 0.0686. The van der Waals surface area contributed by atoms with Crippen LogP contribution in [0.3, 0.4) is 0 Å². The van der Waals surface area contributed by atoms with E-state index in [0.717, 1.165) is 31.4 Å². The molecule has 0 aliphatic heterocycles. The third-order valence-electron chi connectivity index (χ3n) is 5.40. The van der Waals surface area contributed by atoms with Crippen LogP contribution >= 0.6 is 12.6 Å². The van der Waals surface area contributed by atoms with Crippen LogP contribution in [0.5, 0.6) is 0 Å². The second-order valence-corrected chi connectivity index (χ2v) is 9.98. The van der Waals surface area contributed by atoms with Gasteiger partial charge in [-0.1, -0.05) is 58.3 Å². The van der Waals surface area contributed by atoms with E-state index in [-0.39, 0.29) is 49.6 Å². The largest absolute Gasteiger partial charge is 0.465 e. The normalized spacial score (nSPS) is 10.8. The van der Waals surface area contributed by atoms with Crippen molar-refractivity contribution >= 4 is 36.5 Å². The van der Waals surface area contributed by atoms with Crippen molar-refractivity contribution in [3.05, 3.63) is 36.5 Å². The molecule has 210 valence electrons. The van der Waals surface area contributed by atoms with Crippen LogP contribution in [0.25, 0.3) is 0 Å². The first-order chi connectivity index (χ1) is 17.4. The molecule has 0 radical (unpaired) electrons. The molecule has 0 unspecified atom stereocenters. The van der Waals surface area contributed by atoms with Crippen molar-refractivity contribution in [2.75, 3.05) is 32.2 Å². The fourth-order valence-electron chi connectivity index (χ4n) is 3.02. The highest BCUT2D eigenvalue weighted by molar-refractivity contribution is 7.80. The highest BCUT2D eigenvalue weighted by Crippen LogP contribution is 2.23. The second kappa shape index (κ2) is 19.5. The molecule has 0 atom stereocenters. The SMILES string of the molecule is C=C(C)C(=O)OCC(COC(=O)CCCCCCCCCCS)(COC(=O)C(=C)C)COC(=O)C(=C)C. The van der Waals surface area contributed by atoms with Crippen LogP contribution < -0.4 is 0 Å². The first kappa shape index (κ1) is 34.5. The minimum absolute atomic E-state index is 0.158. The zero-order chi connectivity index (χ0) is 28.3. The van der Waals surface area contributed by atoms with Crippen LogP contribution in [0.2, 0.25) is 0 Å². The van der Waals surface area contributed by atoms with Crippen molar-refractivity contribution in [3.63, 3.8) is 0 Å². The third-order valence-corrected chi connectivity index (χ3v) is 5.72. The molecule has 0 aliphatic rings. The van der Waals surface area contributed by atoms with E-state index in [0.29, 0.717) is 6.42 Å². The van der Waals surface area contributed by atoms with Crippen LogP contribution in [0.15, 0.2) is 36.5 Å². The lowest BCUT2D eigenvalue weighted by Crippen LogP contribution is -2.44. The number of carbonyl (C=O) groups excluding carboxylic acids is 4. The summed E-state index contributed by atoms with van der Waals surface area (Å²) in [5.74, 6) is -1.56. The maximum Gasteiger partial charge on any atom is 0.333 e. The number of esters is 4. The van der Waals surface area contributed by atoms with Gasteiger partial charge in [0.1, 0.15) is 31.8 Å². The summed E-state index contributed by atoms with van der Waals surface area (Å²) in [6.07, 6.45) is 8.70. The third kappa shape index (κ3) is 16.7. The molecule has 0 aromatic rings. The molecule has 0 rings (SSSR count). The van der Waals surface area contributed by atoms with Gasteiger partial charge in [0.15, 0.2) is 0 Å². The van der Waals surface area contributed by atoms with Gasteiger partial charge < -0.3 is 18.9 Å². The first-order valence-corrected chi connectivity index (χ1v) is 13.3. The van der Waals surface area contributed by atoms with Gasteiger partial charge in [-0.15, -0.1) is 0 Å². The van der Waals surface area contributed by atoms with Gasteiger partial charge in [-0.3, -0.25) is 4.79 Å². The predicted molar refractivity (Wildman–Crippen MR) is 146 cm³/mol. The number of ether oxygens (including phenoxy) is 4. The van der Waals surface area contributed by atoms with Gasteiger partial charge >= 0.3 is 23.9 Å². The molecule has 37 heavy (non-hydrogen) atoms. The number of carbonyl (C=O) groups is 4. The lowest BCUT2D eigenvalue weighted by molar-refractivity contribution is -0.167. The van der Waals surface area contributed by atoms with Crippen molar-refractivity contribution in [1.82, 2.24) is 0 Å². The van der Waals surface area contributed by atoms with E-state index in [2.05, 4.69) is 32.4 Å². The molecule has 0 aromatic carbocycles. The maximum atomic E-state index is 12.4. The standard InChI is InChI=1S/C28H44O8S/c1-21(2)25(30)34-18-28(19-35-26(31)22(3)4,20-36-27(32)23(5)6)17-33-24(29)15-13-11-9-7-8-10-12-14-16-37/h37H,1,3,5,7-20H2,2,4,6H3. The van der Waals surface area contributed by atoms with E-state index in [1.165, 1.54) is 40.0 Å². The van der Waals surface area contributed by atoms with E-state index < -0.39 is 29.3 Å². The average molecular weight is 541 g/mol. The number of thiol groups is 1. The Hall–Kier alpha value is -2.55. The number of unbranched alkanes of at least 4 members (excludes halogenated alkanes) is 7. The zero-order valence-corrected chi connectivity index (χ0v) is 23.6. The fourth-order valence-corrected chi connectivity index (χ4v) is 3.25. The van der Waals surface area contributed by atoms with Crippen molar-refractivity contribution < 1.29 is 38.1 Å². The molecule has 0 aromatic heterocycles. The van der Waals surface area contributed by atoms with Crippen LogP contribution in [0.1, 0.15) is 78.6 Å². The van der Waals surface area contributed by atoms with Gasteiger partial charge in [-0.2, -0.15) is 12.6 Å². The van der Waals surface area contributed by atoms with E-state index in [1.807, 2.05) is 0 Å². The summed E-state index contributed by atoms with van der Waals surface area (Å²) in [7, 11) is 0. The van der Waals surface area contributed by atoms with Crippen LogP contribution in [0, 0.1) is 5.41 Å². The Labute approximate surface area is 227 Å². The van der Waals surface area contributed by atoms with E-state index in [9.17, 15) is 19.2 Å². The topological polar surface area (TPSA) is 105 Å². The van der Waals surface area contributed by atoms with Gasteiger partial charge in [0.25, 0.3) is 0 Å². The number of hydrogen-bond acceptors (Lipinski definition) is 9. The van der Waals surface area contributed by atoms with Gasteiger partial charge in [0.2, 0.25) is 0 Å². The maximum absolute atomic E-state index is 12.4. The molecular formula is C28H44O8S. The second-order valence-electron chi connectivity index (χ2n) is 9.53. The van der Waals surface area contributed by atoms with E-state index >= 15 is 0 Å². The van der Waals surface area contributed by atoms with Gasteiger partial charge in [-0.05, 0) is 39.4 Å². The Kier molecular flexibility index (Phi) is 18.2. The van der Waals surface area contributed by atoms with Gasteiger partial charge in [0.05, 0.1) is 0 Å².